The van der Waals surface area contributed by atoms with Gasteiger partial charge in [0.25, 0.3) is 5.91 Å². The van der Waals surface area contributed by atoms with Crippen LogP contribution in [-0.4, -0.2) is 40.4 Å². The van der Waals surface area contributed by atoms with Crippen molar-refractivity contribution < 1.29 is 19.7 Å². The molecule has 2 rings (SSSR count). The molecule has 1 aromatic carbocycles. The zero-order valence-corrected chi connectivity index (χ0v) is 9.59. The van der Waals surface area contributed by atoms with Crippen molar-refractivity contribution in [2.45, 2.75) is 6.10 Å². The average molecular weight is 250 g/mol. The summed E-state index contributed by atoms with van der Waals surface area (Å²) >= 11 is 0. The van der Waals surface area contributed by atoms with Gasteiger partial charge in [0, 0.05) is 10.9 Å². The fourth-order valence-electron chi connectivity index (χ4n) is 1.62. The molecule has 0 fully saturated rings. The van der Waals surface area contributed by atoms with Crippen LogP contribution in [0.5, 0.6) is 5.75 Å². The highest BCUT2D eigenvalue weighted by Gasteiger charge is 2.10. The Hall–Kier alpha value is -2.05. The van der Waals surface area contributed by atoms with Gasteiger partial charge >= 0.3 is 0 Å². The van der Waals surface area contributed by atoms with E-state index in [1.807, 2.05) is 0 Å². The lowest BCUT2D eigenvalue weighted by Crippen LogP contribution is -2.21. The molecule has 0 saturated heterocycles. The molecular weight excluding hydrogens is 236 g/mol. The van der Waals surface area contributed by atoms with Gasteiger partial charge in [0.2, 0.25) is 0 Å². The number of aromatic nitrogens is 1. The van der Waals surface area contributed by atoms with Crippen LogP contribution in [-0.2, 0) is 0 Å². The van der Waals surface area contributed by atoms with E-state index in [2.05, 4.69) is 4.98 Å². The van der Waals surface area contributed by atoms with Gasteiger partial charge in [-0.2, -0.15) is 0 Å². The summed E-state index contributed by atoms with van der Waals surface area (Å²) in [7, 11) is 0. The second-order valence-electron chi connectivity index (χ2n) is 3.91. The molecule has 0 aliphatic heterocycles. The van der Waals surface area contributed by atoms with Gasteiger partial charge in [0.05, 0.1) is 6.61 Å². The fourth-order valence-corrected chi connectivity index (χ4v) is 1.62. The number of nitrogens with two attached hydrogens (primary N) is 1. The number of nitrogens with one attached hydrogen (secondary N) is 1. The summed E-state index contributed by atoms with van der Waals surface area (Å²) in [6.45, 7) is -0.387. The highest BCUT2D eigenvalue weighted by Crippen LogP contribution is 2.26. The number of aliphatic hydroxyl groups excluding tert-OH is 2. The number of primary amides is 1. The molecule has 1 amide bonds. The predicted octanol–water partition coefficient (Wildman–Crippen LogP) is -0.00120. The van der Waals surface area contributed by atoms with Gasteiger partial charge in [0.1, 0.15) is 24.2 Å². The van der Waals surface area contributed by atoms with Crippen LogP contribution in [0.1, 0.15) is 10.5 Å². The van der Waals surface area contributed by atoms with E-state index in [1.54, 1.807) is 24.3 Å². The Morgan fingerprint density at radius 3 is 2.94 bits per heavy atom. The van der Waals surface area contributed by atoms with Crippen molar-refractivity contribution in [3.63, 3.8) is 0 Å². The Kier molecular flexibility index (Phi) is 3.50. The topological polar surface area (TPSA) is 109 Å². The van der Waals surface area contributed by atoms with Crippen LogP contribution in [0, 0.1) is 0 Å². The van der Waals surface area contributed by atoms with Crippen molar-refractivity contribution in [2.75, 3.05) is 13.2 Å². The molecule has 0 aliphatic rings. The van der Waals surface area contributed by atoms with Crippen LogP contribution < -0.4 is 10.5 Å². The van der Waals surface area contributed by atoms with E-state index in [4.69, 9.17) is 15.6 Å². The number of aromatic amines is 1. The van der Waals surface area contributed by atoms with Crippen LogP contribution in [0.3, 0.4) is 0 Å². The number of aliphatic hydroxyl groups is 2. The van der Waals surface area contributed by atoms with E-state index in [1.165, 1.54) is 0 Å². The number of amides is 1. The van der Waals surface area contributed by atoms with Crippen molar-refractivity contribution in [2.24, 2.45) is 5.73 Å². The molecule has 0 spiro atoms. The minimum Gasteiger partial charge on any atom is -0.490 e. The van der Waals surface area contributed by atoms with Gasteiger partial charge < -0.3 is 25.7 Å². The Labute approximate surface area is 103 Å². The van der Waals surface area contributed by atoms with Crippen molar-refractivity contribution in [3.05, 3.63) is 30.0 Å². The summed E-state index contributed by atoms with van der Waals surface area (Å²) in [4.78, 5) is 13.9. The number of H-pyrrole nitrogens is 1. The first-order valence-corrected chi connectivity index (χ1v) is 5.45. The molecule has 18 heavy (non-hydrogen) atoms. The monoisotopic (exact) mass is 250 g/mol. The van der Waals surface area contributed by atoms with Gasteiger partial charge in [-0.3, -0.25) is 4.79 Å². The highest BCUT2D eigenvalue weighted by molar-refractivity contribution is 5.98. The summed E-state index contributed by atoms with van der Waals surface area (Å²) in [5.41, 5.74) is 6.20. The maximum atomic E-state index is 11.1. The smallest absolute Gasteiger partial charge is 0.265 e. The van der Waals surface area contributed by atoms with Crippen molar-refractivity contribution in [3.8, 4) is 5.75 Å². The standard InChI is InChI=1S/C12H14N2O4/c13-12(17)10-4-8-9(14-10)2-1-3-11(8)18-6-7(16)5-15/h1-4,7,14-16H,5-6H2,(H2,13,17)/t7-/m0/s1. The number of fused-ring (bicyclic) bond motifs is 1. The van der Waals surface area contributed by atoms with Crippen molar-refractivity contribution >= 4 is 16.8 Å². The lowest BCUT2D eigenvalue weighted by molar-refractivity contribution is 0.0541. The van der Waals surface area contributed by atoms with Gasteiger partial charge in [0.15, 0.2) is 0 Å². The van der Waals surface area contributed by atoms with E-state index in [9.17, 15) is 9.90 Å². The molecule has 96 valence electrons. The molecule has 1 aromatic heterocycles. The second-order valence-corrected chi connectivity index (χ2v) is 3.91. The van der Waals surface area contributed by atoms with E-state index < -0.39 is 12.0 Å². The third kappa shape index (κ3) is 2.44. The summed E-state index contributed by atoms with van der Waals surface area (Å²) < 4.78 is 5.38. The van der Waals surface area contributed by atoms with Crippen molar-refractivity contribution in [1.82, 2.24) is 4.98 Å². The van der Waals surface area contributed by atoms with E-state index in [0.717, 1.165) is 5.52 Å². The largest absolute Gasteiger partial charge is 0.490 e. The second kappa shape index (κ2) is 5.07. The van der Waals surface area contributed by atoms with Crippen molar-refractivity contribution in [1.29, 1.82) is 0 Å². The molecule has 5 N–H and O–H groups in total. The predicted molar refractivity (Wildman–Crippen MR) is 65.4 cm³/mol. The van der Waals surface area contributed by atoms with E-state index in [0.29, 0.717) is 16.8 Å². The molecule has 2 aromatic rings. The molecule has 1 atom stereocenters. The number of ether oxygens (including phenoxy) is 1. The van der Waals surface area contributed by atoms with Crippen LogP contribution >= 0.6 is 0 Å². The minimum absolute atomic E-state index is 0.0211. The number of hydrogen-bond acceptors (Lipinski definition) is 4. The number of benzene rings is 1. The molecule has 0 bridgehead atoms. The fraction of sp³-hybridized carbons (Fsp3) is 0.250. The van der Waals surface area contributed by atoms with E-state index in [-0.39, 0.29) is 13.2 Å². The molecule has 0 unspecified atom stereocenters. The molecule has 6 nitrogen and oxygen atoms in total. The number of carbonyl (C=O) groups is 1. The molecule has 0 saturated carbocycles. The zero-order chi connectivity index (χ0) is 13.1. The maximum absolute atomic E-state index is 11.1. The number of rotatable bonds is 5. The zero-order valence-electron chi connectivity index (χ0n) is 9.59. The quantitative estimate of drug-likeness (QED) is 0.598. The lowest BCUT2D eigenvalue weighted by atomic mass is 10.2. The molecular formula is C12H14N2O4. The Balaban J connectivity index is 2.30. The van der Waals surface area contributed by atoms with Gasteiger partial charge in [-0.15, -0.1) is 0 Å². The number of hydrogen-bond donors (Lipinski definition) is 4. The van der Waals surface area contributed by atoms with Gasteiger partial charge in [-0.1, -0.05) is 6.07 Å². The minimum atomic E-state index is -0.935. The third-order valence-electron chi connectivity index (χ3n) is 2.53. The Bertz CT molecular complexity index is 564. The third-order valence-corrected chi connectivity index (χ3v) is 2.53. The summed E-state index contributed by atoms with van der Waals surface area (Å²) in [6, 6.07) is 6.85. The Morgan fingerprint density at radius 1 is 1.50 bits per heavy atom. The first-order valence-electron chi connectivity index (χ1n) is 5.45. The summed E-state index contributed by atoms with van der Waals surface area (Å²) in [6.07, 6.45) is -0.935. The molecule has 6 heteroatoms. The summed E-state index contributed by atoms with van der Waals surface area (Å²) in [5.74, 6) is -0.0312. The van der Waals surface area contributed by atoms with Crippen LogP contribution in [0.15, 0.2) is 24.3 Å². The average Bonchev–Trinajstić information content (AvgIpc) is 2.80. The van der Waals surface area contributed by atoms with Crippen LogP contribution in [0.4, 0.5) is 0 Å². The SMILES string of the molecule is NC(=O)c1cc2c(OC[C@@H](O)CO)cccc2[nH]1. The normalized spacial score (nSPS) is 12.6. The van der Waals surface area contributed by atoms with Gasteiger partial charge in [-0.05, 0) is 18.2 Å². The first-order chi connectivity index (χ1) is 8.61. The van der Waals surface area contributed by atoms with Crippen LogP contribution in [0.25, 0.3) is 10.9 Å². The van der Waals surface area contributed by atoms with E-state index >= 15 is 0 Å². The Morgan fingerprint density at radius 2 is 2.28 bits per heavy atom. The summed E-state index contributed by atoms with van der Waals surface area (Å²) in [5, 5.41) is 18.6. The maximum Gasteiger partial charge on any atom is 0.265 e. The molecule has 0 aliphatic carbocycles. The lowest BCUT2D eigenvalue weighted by Gasteiger charge is -2.10. The van der Waals surface area contributed by atoms with Gasteiger partial charge in [-0.25, -0.2) is 0 Å². The highest BCUT2D eigenvalue weighted by atomic mass is 16.5. The van der Waals surface area contributed by atoms with Crippen LogP contribution in [0.2, 0.25) is 0 Å². The number of carbonyl (C=O) groups excluding carboxylic acids is 1. The molecule has 1 heterocycles. The first kappa shape index (κ1) is 12.4. The molecule has 0 radical (unpaired) electrons.